The first-order chi connectivity index (χ1) is 9.44. The van der Waals surface area contributed by atoms with Crippen molar-refractivity contribution in [2.75, 3.05) is 0 Å². The molecule has 2 atom stereocenters. The number of hydrogen-bond acceptors (Lipinski definition) is 2. The minimum Gasteiger partial charge on any atom is -0.307 e. The molecular formula is C16H19F2NS. The molecule has 0 saturated heterocycles. The number of aryl methyl sites for hydroxylation is 1. The molecule has 1 aromatic heterocycles. The van der Waals surface area contributed by atoms with Gasteiger partial charge in [0.15, 0.2) is 0 Å². The monoisotopic (exact) mass is 295 g/mol. The van der Waals surface area contributed by atoms with Gasteiger partial charge in [-0.2, -0.15) is 0 Å². The molecule has 0 aliphatic rings. The van der Waals surface area contributed by atoms with Crippen LogP contribution >= 0.6 is 11.3 Å². The summed E-state index contributed by atoms with van der Waals surface area (Å²) in [4.78, 5) is 2.62. The predicted octanol–water partition coefficient (Wildman–Crippen LogP) is 4.62. The normalized spacial score (nSPS) is 14.2. The molecule has 1 aromatic carbocycles. The van der Waals surface area contributed by atoms with Crippen LogP contribution in [-0.4, -0.2) is 6.04 Å². The van der Waals surface area contributed by atoms with Crippen molar-refractivity contribution in [2.45, 2.75) is 39.3 Å². The topological polar surface area (TPSA) is 12.0 Å². The molecule has 2 aromatic rings. The van der Waals surface area contributed by atoms with Gasteiger partial charge in [0, 0.05) is 27.9 Å². The summed E-state index contributed by atoms with van der Waals surface area (Å²) in [6.07, 6.45) is 0.917. The molecule has 2 unspecified atom stereocenters. The quantitative estimate of drug-likeness (QED) is 0.849. The molecule has 1 heterocycles. The smallest absolute Gasteiger partial charge is 0.126 e. The van der Waals surface area contributed by atoms with E-state index in [-0.39, 0.29) is 12.1 Å². The van der Waals surface area contributed by atoms with Crippen molar-refractivity contribution in [3.8, 4) is 0 Å². The third-order valence-corrected chi connectivity index (χ3v) is 4.25. The largest absolute Gasteiger partial charge is 0.307 e. The Hall–Kier alpha value is -1.26. The Morgan fingerprint density at radius 2 is 1.75 bits per heavy atom. The summed E-state index contributed by atoms with van der Waals surface area (Å²) in [5.74, 6) is -1.06. The number of hydrogen-bond donors (Lipinski definition) is 1. The summed E-state index contributed by atoms with van der Waals surface area (Å²) in [6, 6.07) is 8.05. The molecule has 108 valence electrons. The van der Waals surface area contributed by atoms with Gasteiger partial charge in [-0.25, -0.2) is 8.78 Å². The maximum atomic E-state index is 13.2. The zero-order chi connectivity index (χ0) is 14.7. The summed E-state index contributed by atoms with van der Waals surface area (Å²) < 4.78 is 26.4. The highest BCUT2D eigenvalue weighted by Gasteiger charge is 2.12. The molecule has 0 aliphatic carbocycles. The van der Waals surface area contributed by atoms with Crippen LogP contribution in [0.1, 0.15) is 35.2 Å². The van der Waals surface area contributed by atoms with E-state index in [1.54, 1.807) is 11.3 Å². The van der Waals surface area contributed by atoms with Gasteiger partial charge >= 0.3 is 0 Å². The van der Waals surface area contributed by atoms with Crippen LogP contribution in [0.2, 0.25) is 0 Å². The van der Waals surface area contributed by atoms with Gasteiger partial charge < -0.3 is 5.32 Å². The zero-order valence-electron chi connectivity index (χ0n) is 11.9. The van der Waals surface area contributed by atoms with Crippen LogP contribution in [-0.2, 0) is 6.42 Å². The number of halogens is 2. The lowest BCUT2D eigenvalue weighted by atomic mass is 10.1. The van der Waals surface area contributed by atoms with Crippen LogP contribution in [0.4, 0.5) is 8.78 Å². The van der Waals surface area contributed by atoms with E-state index in [1.165, 1.54) is 21.9 Å². The molecule has 1 nitrogen and oxygen atoms in total. The first-order valence-corrected chi connectivity index (χ1v) is 7.53. The maximum Gasteiger partial charge on any atom is 0.126 e. The van der Waals surface area contributed by atoms with Crippen molar-refractivity contribution in [1.29, 1.82) is 0 Å². The second kappa shape index (κ2) is 6.46. The van der Waals surface area contributed by atoms with Gasteiger partial charge in [0.25, 0.3) is 0 Å². The summed E-state index contributed by atoms with van der Waals surface area (Å²) in [5, 5.41) is 3.38. The van der Waals surface area contributed by atoms with Gasteiger partial charge in [0.05, 0.1) is 0 Å². The Morgan fingerprint density at radius 3 is 2.30 bits per heavy atom. The Kier molecular flexibility index (Phi) is 4.89. The van der Waals surface area contributed by atoms with Crippen molar-refractivity contribution in [3.63, 3.8) is 0 Å². The maximum absolute atomic E-state index is 13.2. The van der Waals surface area contributed by atoms with E-state index >= 15 is 0 Å². The van der Waals surface area contributed by atoms with Gasteiger partial charge in [0.2, 0.25) is 0 Å². The third kappa shape index (κ3) is 4.12. The van der Waals surface area contributed by atoms with E-state index in [2.05, 4.69) is 31.3 Å². The summed E-state index contributed by atoms with van der Waals surface area (Å²) in [7, 11) is 0. The molecule has 0 radical (unpaired) electrons. The lowest BCUT2D eigenvalue weighted by Crippen LogP contribution is -2.30. The molecule has 4 heteroatoms. The summed E-state index contributed by atoms with van der Waals surface area (Å²) in [6.45, 7) is 6.09. The van der Waals surface area contributed by atoms with Gasteiger partial charge in [-0.05, 0) is 57.0 Å². The number of benzene rings is 1. The van der Waals surface area contributed by atoms with Gasteiger partial charge in [-0.15, -0.1) is 11.3 Å². The summed E-state index contributed by atoms with van der Waals surface area (Å²) >= 11 is 1.78. The fraction of sp³-hybridized carbons (Fsp3) is 0.375. The molecule has 0 spiro atoms. The van der Waals surface area contributed by atoms with Gasteiger partial charge in [0.1, 0.15) is 11.6 Å². The Bertz CT molecular complexity index is 559. The molecular weight excluding hydrogens is 276 g/mol. The molecule has 0 bridgehead atoms. The van der Waals surface area contributed by atoms with Gasteiger partial charge in [-0.1, -0.05) is 0 Å². The molecule has 20 heavy (non-hydrogen) atoms. The zero-order valence-corrected chi connectivity index (χ0v) is 12.7. The SMILES string of the molecule is Cc1ccc(CC(C)NC(C)c2cc(F)cc(F)c2)s1. The second-order valence-corrected chi connectivity index (χ2v) is 6.58. The van der Waals surface area contributed by atoms with E-state index in [1.807, 2.05) is 6.92 Å². The Morgan fingerprint density at radius 1 is 1.10 bits per heavy atom. The molecule has 2 rings (SSSR count). The van der Waals surface area contributed by atoms with Crippen LogP contribution in [0, 0.1) is 18.6 Å². The highest BCUT2D eigenvalue weighted by Crippen LogP contribution is 2.20. The van der Waals surface area contributed by atoms with Crippen LogP contribution in [0.3, 0.4) is 0 Å². The van der Waals surface area contributed by atoms with E-state index in [0.29, 0.717) is 5.56 Å². The molecule has 1 N–H and O–H groups in total. The molecule has 0 fully saturated rings. The second-order valence-electron chi connectivity index (χ2n) is 5.21. The van der Waals surface area contributed by atoms with E-state index < -0.39 is 11.6 Å². The number of thiophene rings is 1. The fourth-order valence-corrected chi connectivity index (χ4v) is 3.32. The van der Waals surface area contributed by atoms with Crippen molar-refractivity contribution >= 4 is 11.3 Å². The third-order valence-electron chi connectivity index (χ3n) is 3.22. The number of nitrogens with one attached hydrogen (secondary N) is 1. The van der Waals surface area contributed by atoms with E-state index in [4.69, 9.17) is 0 Å². The molecule has 0 amide bonds. The number of rotatable bonds is 5. The Labute approximate surface area is 122 Å². The van der Waals surface area contributed by atoms with Crippen molar-refractivity contribution in [3.05, 3.63) is 57.3 Å². The lowest BCUT2D eigenvalue weighted by molar-refractivity contribution is 0.473. The predicted molar refractivity (Wildman–Crippen MR) is 80.1 cm³/mol. The molecule has 0 saturated carbocycles. The standard InChI is InChI=1S/C16H19F2NS/c1-10(6-16-5-4-11(2)20-16)19-12(3)13-7-14(17)9-15(18)8-13/h4-5,7-10,12,19H,6H2,1-3H3. The van der Waals surface area contributed by atoms with Crippen LogP contribution in [0.15, 0.2) is 30.3 Å². The van der Waals surface area contributed by atoms with Crippen molar-refractivity contribution in [2.24, 2.45) is 0 Å². The highest BCUT2D eigenvalue weighted by atomic mass is 32.1. The highest BCUT2D eigenvalue weighted by molar-refractivity contribution is 7.11. The summed E-state index contributed by atoms with van der Waals surface area (Å²) in [5.41, 5.74) is 0.636. The fourth-order valence-electron chi connectivity index (χ4n) is 2.30. The van der Waals surface area contributed by atoms with E-state index in [0.717, 1.165) is 12.5 Å². The van der Waals surface area contributed by atoms with Crippen molar-refractivity contribution < 1.29 is 8.78 Å². The van der Waals surface area contributed by atoms with E-state index in [9.17, 15) is 8.78 Å². The minimum absolute atomic E-state index is 0.0868. The minimum atomic E-state index is -0.532. The first kappa shape index (κ1) is 15.1. The van der Waals surface area contributed by atoms with Crippen LogP contribution in [0.5, 0.6) is 0 Å². The first-order valence-electron chi connectivity index (χ1n) is 6.71. The Balaban J connectivity index is 1.97. The average Bonchev–Trinajstić information content (AvgIpc) is 2.73. The van der Waals surface area contributed by atoms with Crippen molar-refractivity contribution in [1.82, 2.24) is 5.32 Å². The average molecular weight is 295 g/mol. The lowest BCUT2D eigenvalue weighted by Gasteiger charge is -2.20. The molecule has 0 aliphatic heterocycles. The van der Waals surface area contributed by atoms with Crippen LogP contribution < -0.4 is 5.32 Å². The van der Waals surface area contributed by atoms with Crippen LogP contribution in [0.25, 0.3) is 0 Å². The van der Waals surface area contributed by atoms with Gasteiger partial charge in [-0.3, -0.25) is 0 Å².